The molecule has 7 nitrogen and oxygen atoms in total. The van der Waals surface area contributed by atoms with Crippen molar-refractivity contribution in [2.75, 3.05) is 10.6 Å². The maximum Gasteiger partial charge on any atom is 0.240 e. The molecule has 9 heteroatoms. The van der Waals surface area contributed by atoms with E-state index in [2.05, 4.69) is 45.2 Å². The van der Waals surface area contributed by atoms with Crippen molar-refractivity contribution >= 4 is 35.0 Å². The number of para-hydroxylation sites is 1. The standard InChI is InChI=1S/C34H31FN4O3S/c35-26-18-25(39-33(41)34(15-16-34)32(40)38-24-4-2-1-3-5-24)12-13-28(26)42-29-14-17-36-27-19-30(43-31(27)29)22-8-6-21(7-9-22)20-37-23-10-11-23/h1-9,12-14,17-18,23,30,37H,10-11,15-16,19-20H2,(H,38,40)(H,39,41). The van der Waals surface area contributed by atoms with Gasteiger partial charge in [0, 0.05) is 54.0 Å². The normalized spacial score (nSPS) is 18.0. The van der Waals surface area contributed by atoms with Crippen LogP contribution in [0.1, 0.15) is 47.8 Å². The molecule has 3 aliphatic rings. The Bertz CT molecular complexity index is 1670. The van der Waals surface area contributed by atoms with E-state index in [4.69, 9.17) is 4.74 Å². The van der Waals surface area contributed by atoms with Crippen molar-refractivity contribution < 1.29 is 18.7 Å². The number of carbonyl (C=O) groups is 2. The molecule has 2 amide bonds. The van der Waals surface area contributed by atoms with Gasteiger partial charge in [0.05, 0.1) is 10.6 Å². The molecule has 2 fully saturated rings. The van der Waals surface area contributed by atoms with Crippen LogP contribution in [0.4, 0.5) is 15.8 Å². The second kappa shape index (κ2) is 11.5. The second-order valence-corrected chi connectivity index (χ2v) is 12.6. The van der Waals surface area contributed by atoms with Gasteiger partial charge in [-0.2, -0.15) is 0 Å². The van der Waals surface area contributed by atoms with Gasteiger partial charge in [0.1, 0.15) is 11.2 Å². The summed E-state index contributed by atoms with van der Waals surface area (Å²) < 4.78 is 21.2. The predicted octanol–water partition coefficient (Wildman–Crippen LogP) is 7.01. The molecule has 218 valence electrons. The van der Waals surface area contributed by atoms with Gasteiger partial charge in [-0.1, -0.05) is 42.5 Å². The first-order valence-corrected chi connectivity index (χ1v) is 15.5. The molecule has 2 saturated carbocycles. The topological polar surface area (TPSA) is 92.4 Å². The molecule has 1 aromatic heterocycles. The average molecular weight is 595 g/mol. The third kappa shape index (κ3) is 6.00. The highest BCUT2D eigenvalue weighted by Gasteiger charge is 2.56. The van der Waals surface area contributed by atoms with Gasteiger partial charge in [-0.15, -0.1) is 11.8 Å². The highest BCUT2D eigenvalue weighted by atomic mass is 32.2. The van der Waals surface area contributed by atoms with Crippen LogP contribution in [0.3, 0.4) is 0 Å². The minimum Gasteiger partial charge on any atom is -0.453 e. The Hall–Kier alpha value is -4.21. The van der Waals surface area contributed by atoms with E-state index in [0.29, 0.717) is 30.3 Å². The first-order valence-electron chi connectivity index (χ1n) is 14.6. The van der Waals surface area contributed by atoms with Crippen LogP contribution in [-0.2, 0) is 22.6 Å². The molecule has 2 heterocycles. The zero-order valence-corrected chi connectivity index (χ0v) is 24.3. The quantitative estimate of drug-likeness (QED) is 0.171. The molecule has 0 spiro atoms. The SMILES string of the molecule is O=C(Nc1ccccc1)C1(C(=O)Nc2ccc(Oc3ccnc4c3SC(c3ccc(CNC5CC5)cc3)C4)c(F)c2)CC1. The van der Waals surface area contributed by atoms with Crippen molar-refractivity contribution in [3.8, 4) is 11.5 Å². The molecule has 3 N–H and O–H groups in total. The van der Waals surface area contributed by atoms with Gasteiger partial charge in [-0.25, -0.2) is 4.39 Å². The number of anilines is 2. The van der Waals surface area contributed by atoms with Crippen molar-refractivity contribution in [2.45, 2.75) is 54.8 Å². The van der Waals surface area contributed by atoms with Crippen molar-refractivity contribution in [3.63, 3.8) is 0 Å². The lowest BCUT2D eigenvalue weighted by molar-refractivity contribution is -0.131. The van der Waals surface area contributed by atoms with Gasteiger partial charge >= 0.3 is 0 Å². The van der Waals surface area contributed by atoms with E-state index in [1.165, 1.54) is 36.1 Å². The summed E-state index contributed by atoms with van der Waals surface area (Å²) in [6.45, 7) is 0.890. The number of pyridine rings is 1. The van der Waals surface area contributed by atoms with Gasteiger partial charge in [-0.05, 0) is 61.1 Å². The number of ether oxygens (including phenoxy) is 1. The molecular formula is C34H31FN4O3S. The fourth-order valence-electron chi connectivity index (χ4n) is 5.25. The molecule has 2 aliphatic carbocycles. The number of carbonyl (C=O) groups excluding carboxylic acids is 2. The molecule has 0 saturated heterocycles. The summed E-state index contributed by atoms with van der Waals surface area (Å²) in [5.41, 5.74) is 3.16. The van der Waals surface area contributed by atoms with Crippen LogP contribution >= 0.6 is 11.8 Å². The van der Waals surface area contributed by atoms with Crippen molar-refractivity contribution in [3.05, 3.63) is 108 Å². The lowest BCUT2D eigenvalue weighted by Gasteiger charge is -2.16. The van der Waals surface area contributed by atoms with Gasteiger partial charge < -0.3 is 20.7 Å². The summed E-state index contributed by atoms with van der Waals surface area (Å²) >= 11 is 1.68. The van der Waals surface area contributed by atoms with Crippen LogP contribution in [0, 0.1) is 11.2 Å². The number of halogens is 1. The molecule has 1 unspecified atom stereocenters. The molecule has 3 aromatic carbocycles. The number of rotatable bonds is 10. The zero-order chi connectivity index (χ0) is 29.4. The third-order valence-electron chi connectivity index (χ3n) is 8.17. The summed E-state index contributed by atoms with van der Waals surface area (Å²) in [4.78, 5) is 31.4. The Morgan fingerprint density at radius 3 is 2.35 bits per heavy atom. The van der Waals surface area contributed by atoms with Crippen molar-refractivity contribution in [1.29, 1.82) is 0 Å². The number of thioether (sulfide) groups is 1. The Morgan fingerprint density at radius 1 is 0.907 bits per heavy atom. The van der Waals surface area contributed by atoms with Crippen LogP contribution in [0.15, 0.2) is 90.0 Å². The maximum absolute atomic E-state index is 15.2. The number of hydrogen-bond acceptors (Lipinski definition) is 6. The first kappa shape index (κ1) is 27.6. The molecule has 4 aromatic rings. The predicted molar refractivity (Wildman–Crippen MR) is 165 cm³/mol. The Labute approximate surface area is 253 Å². The largest absolute Gasteiger partial charge is 0.453 e. The summed E-state index contributed by atoms with van der Waals surface area (Å²) in [7, 11) is 0. The number of benzene rings is 3. The maximum atomic E-state index is 15.2. The molecule has 0 bridgehead atoms. The summed E-state index contributed by atoms with van der Waals surface area (Å²) in [5, 5.41) is 9.27. The fraction of sp³-hybridized carbons (Fsp3) is 0.265. The van der Waals surface area contributed by atoms with E-state index in [-0.39, 0.29) is 22.6 Å². The van der Waals surface area contributed by atoms with E-state index >= 15 is 4.39 Å². The number of nitrogens with zero attached hydrogens (tertiary/aromatic N) is 1. The summed E-state index contributed by atoms with van der Waals surface area (Å²) in [6.07, 6.45) is 5.87. The molecule has 0 radical (unpaired) electrons. The monoisotopic (exact) mass is 594 g/mol. The first-order chi connectivity index (χ1) is 21.0. The van der Waals surface area contributed by atoms with E-state index in [9.17, 15) is 9.59 Å². The van der Waals surface area contributed by atoms with Gasteiger partial charge in [0.25, 0.3) is 0 Å². The number of aromatic nitrogens is 1. The minimum atomic E-state index is -1.15. The average Bonchev–Trinajstić information content (AvgIpc) is 3.95. The second-order valence-electron chi connectivity index (χ2n) is 11.4. The number of fused-ring (bicyclic) bond motifs is 1. The third-order valence-corrected chi connectivity index (χ3v) is 9.56. The molecule has 43 heavy (non-hydrogen) atoms. The zero-order valence-electron chi connectivity index (χ0n) is 23.4. The summed E-state index contributed by atoms with van der Waals surface area (Å²) in [6, 6.07) is 24.4. The van der Waals surface area contributed by atoms with Crippen LogP contribution in [0.25, 0.3) is 0 Å². The molecule has 1 aliphatic heterocycles. The molecule has 1 atom stereocenters. The Balaban J connectivity index is 0.993. The van der Waals surface area contributed by atoms with Crippen molar-refractivity contribution in [1.82, 2.24) is 10.3 Å². The van der Waals surface area contributed by atoms with Gasteiger partial charge in [0.15, 0.2) is 11.6 Å². The highest BCUT2D eigenvalue weighted by molar-refractivity contribution is 8.00. The smallest absolute Gasteiger partial charge is 0.240 e. The highest BCUT2D eigenvalue weighted by Crippen LogP contribution is 2.51. The number of hydrogen-bond donors (Lipinski definition) is 3. The van der Waals surface area contributed by atoms with Crippen LogP contribution in [0.5, 0.6) is 11.5 Å². The van der Waals surface area contributed by atoms with E-state index in [1.54, 1.807) is 42.2 Å². The van der Waals surface area contributed by atoms with E-state index in [1.807, 2.05) is 18.2 Å². The van der Waals surface area contributed by atoms with Crippen LogP contribution in [0.2, 0.25) is 0 Å². The number of nitrogens with one attached hydrogen (secondary N) is 3. The Morgan fingerprint density at radius 2 is 1.65 bits per heavy atom. The Kier molecular flexibility index (Phi) is 7.36. The van der Waals surface area contributed by atoms with E-state index in [0.717, 1.165) is 23.6 Å². The van der Waals surface area contributed by atoms with Crippen LogP contribution in [-0.4, -0.2) is 22.8 Å². The summed E-state index contributed by atoms with van der Waals surface area (Å²) in [5.74, 6) is -0.827. The van der Waals surface area contributed by atoms with Crippen molar-refractivity contribution in [2.24, 2.45) is 5.41 Å². The minimum absolute atomic E-state index is 0.0471. The molecular weight excluding hydrogens is 563 g/mol. The van der Waals surface area contributed by atoms with Crippen LogP contribution < -0.4 is 20.7 Å². The fourth-order valence-corrected chi connectivity index (χ4v) is 6.57. The molecule has 7 rings (SSSR count). The van der Waals surface area contributed by atoms with E-state index < -0.39 is 17.1 Å². The van der Waals surface area contributed by atoms with Gasteiger partial charge in [0.2, 0.25) is 11.8 Å². The van der Waals surface area contributed by atoms with Gasteiger partial charge in [-0.3, -0.25) is 14.6 Å². The lowest BCUT2D eigenvalue weighted by atomic mass is 10.0. The number of amides is 2. The lowest BCUT2D eigenvalue weighted by Crippen LogP contribution is -2.35.